The normalized spacial score (nSPS) is 17.8. The van der Waals surface area contributed by atoms with Crippen LogP contribution in [0.3, 0.4) is 0 Å². The van der Waals surface area contributed by atoms with Crippen molar-refractivity contribution in [2.75, 3.05) is 39.9 Å². The number of hydrogen-bond donors (Lipinski definition) is 1. The van der Waals surface area contributed by atoms with E-state index in [4.69, 9.17) is 9.47 Å². The van der Waals surface area contributed by atoms with Gasteiger partial charge in [0.2, 0.25) is 11.7 Å². The van der Waals surface area contributed by atoms with E-state index in [0.29, 0.717) is 38.6 Å². The van der Waals surface area contributed by atoms with E-state index in [9.17, 15) is 4.79 Å². The van der Waals surface area contributed by atoms with Crippen LogP contribution in [-0.2, 0) is 23.0 Å². The average Bonchev–Trinajstić information content (AvgIpc) is 3.09. The van der Waals surface area contributed by atoms with Gasteiger partial charge in [0.15, 0.2) is 0 Å². The lowest BCUT2D eigenvalue weighted by Gasteiger charge is -2.30. The van der Waals surface area contributed by atoms with Crippen LogP contribution in [0, 0.1) is 0 Å². The summed E-state index contributed by atoms with van der Waals surface area (Å²) in [6.07, 6.45) is 0.537. The van der Waals surface area contributed by atoms with E-state index in [-0.39, 0.29) is 12.0 Å². The highest BCUT2D eigenvalue weighted by Gasteiger charge is 2.26. The van der Waals surface area contributed by atoms with Gasteiger partial charge >= 0.3 is 0 Å². The fraction of sp³-hybridized carbons (Fsp3) is 0.529. The molecule has 2 heterocycles. The second kappa shape index (κ2) is 8.72. The quantitative estimate of drug-likeness (QED) is 0.740. The molecule has 1 saturated heterocycles. The molecule has 3 rings (SSSR count). The number of rotatable bonds is 7. The van der Waals surface area contributed by atoms with Gasteiger partial charge in [-0.2, -0.15) is 4.80 Å². The second-order valence-corrected chi connectivity index (χ2v) is 6.18. The first-order chi connectivity index (χ1) is 12.6. The molecular formula is C17H24N6O3. The third-order valence-electron chi connectivity index (χ3n) is 4.22. The van der Waals surface area contributed by atoms with Crippen molar-refractivity contribution in [3.63, 3.8) is 0 Å². The van der Waals surface area contributed by atoms with E-state index < -0.39 is 0 Å². The SMILES string of the molecule is COc1ccc(CCNC(=O)CN2CCOC(c3nnn(C)n3)C2)cc1. The Bertz CT molecular complexity index is 718. The molecule has 1 aliphatic heterocycles. The number of nitrogens with one attached hydrogen (secondary N) is 1. The van der Waals surface area contributed by atoms with Crippen LogP contribution in [-0.4, -0.2) is 70.9 Å². The smallest absolute Gasteiger partial charge is 0.234 e. The summed E-state index contributed by atoms with van der Waals surface area (Å²) in [7, 11) is 3.36. The molecule has 1 fully saturated rings. The Morgan fingerprint density at radius 1 is 1.38 bits per heavy atom. The first kappa shape index (κ1) is 18.3. The maximum absolute atomic E-state index is 12.2. The summed E-state index contributed by atoms with van der Waals surface area (Å²) in [5.41, 5.74) is 1.16. The van der Waals surface area contributed by atoms with Crippen molar-refractivity contribution < 1.29 is 14.3 Å². The fourth-order valence-corrected chi connectivity index (χ4v) is 2.83. The molecule has 9 heteroatoms. The van der Waals surface area contributed by atoms with Gasteiger partial charge in [0.1, 0.15) is 11.9 Å². The molecule has 0 saturated carbocycles. The maximum atomic E-state index is 12.2. The lowest BCUT2D eigenvalue weighted by Crippen LogP contribution is -2.44. The molecule has 1 aromatic carbocycles. The summed E-state index contributed by atoms with van der Waals surface area (Å²) in [5.74, 6) is 1.39. The standard InChI is InChI=1S/C17H24N6O3/c1-22-20-17(19-21-22)15-11-23(9-10-26-15)12-16(24)18-8-7-13-3-5-14(25-2)6-4-13/h3-6,15H,7-12H2,1-2H3,(H,18,24). The average molecular weight is 360 g/mol. The van der Waals surface area contributed by atoms with Crippen LogP contribution >= 0.6 is 0 Å². The van der Waals surface area contributed by atoms with E-state index in [0.717, 1.165) is 17.7 Å². The zero-order chi connectivity index (χ0) is 18.4. The van der Waals surface area contributed by atoms with Crippen molar-refractivity contribution in [3.05, 3.63) is 35.7 Å². The molecule has 0 bridgehead atoms. The molecule has 1 N–H and O–H groups in total. The van der Waals surface area contributed by atoms with Crippen LogP contribution < -0.4 is 10.1 Å². The highest BCUT2D eigenvalue weighted by molar-refractivity contribution is 5.78. The number of morpholine rings is 1. The minimum atomic E-state index is -0.246. The molecule has 0 radical (unpaired) electrons. The molecule has 1 aromatic heterocycles. The molecule has 0 spiro atoms. The number of ether oxygens (including phenoxy) is 2. The largest absolute Gasteiger partial charge is 0.497 e. The molecular weight excluding hydrogens is 336 g/mol. The number of amides is 1. The van der Waals surface area contributed by atoms with Crippen LogP contribution in [0.2, 0.25) is 0 Å². The molecule has 0 aliphatic carbocycles. The summed E-state index contributed by atoms with van der Waals surface area (Å²) in [6.45, 7) is 2.77. The van der Waals surface area contributed by atoms with Crippen molar-refractivity contribution in [1.82, 2.24) is 30.4 Å². The van der Waals surface area contributed by atoms with Crippen molar-refractivity contribution in [3.8, 4) is 5.75 Å². The van der Waals surface area contributed by atoms with Crippen molar-refractivity contribution in [2.45, 2.75) is 12.5 Å². The van der Waals surface area contributed by atoms with Crippen molar-refractivity contribution in [2.24, 2.45) is 7.05 Å². The Balaban J connectivity index is 1.41. The van der Waals surface area contributed by atoms with Gasteiger partial charge in [0, 0.05) is 19.6 Å². The third kappa shape index (κ3) is 4.99. The number of methoxy groups -OCH3 is 1. The molecule has 9 nitrogen and oxygen atoms in total. The zero-order valence-corrected chi connectivity index (χ0v) is 15.1. The van der Waals surface area contributed by atoms with E-state index in [1.54, 1.807) is 14.2 Å². The van der Waals surface area contributed by atoms with Gasteiger partial charge in [-0.3, -0.25) is 9.69 Å². The summed E-state index contributed by atoms with van der Waals surface area (Å²) in [4.78, 5) is 15.6. The van der Waals surface area contributed by atoms with E-state index in [1.165, 1.54) is 4.80 Å². The molecule has 140 valence electrons. The summed E-state index contributed by atoms with van der Waals surface area (Å²) >= 11 is 0. The Labute approximate surface area is 152 Å². The van der Waals surface area contributed by atoms with E-state index in [2.05, 4.69) is 20.7 Å². The van der Waals surface area contributed by atoms with Gasteiger partial charge in [-0.05, 0) is 29.3 Å². The number of aryl methyl sites for hydroxylation is 1. The van der Waals surface area contributed by atoms with Crippen molar-refractivity contribution >= 4 is 5.91 Å². The number of nitrogens with zero attached hydrogens (tertiary/aromatic N) is 5. The highest BCUT2D eigenvalue weighted by atomic mass is 16.5. The van der Waals surface area contributed by atoms with E-state index in [1.807, 2.05) is 29.2 Å². The van der Waals surface area contributed by atoms with Crippen LogP contribution in [0.1, 0.15) is 17.5 Å². The third-order valence-corrected chi connectivity index (χ3v) is 4.22. The number of tetrazole rings is 1. The lowest BCUT2D eigenvalue weighted by molar-refractivity contribution is -0.124. The zero-order valence-electron chi connectivity index (χ0n) is 15.1. The van der Waals surface area contributed by atoms with Gasteiger partial charge in [-0.1, -0.05) is 12.1 Å². The van der Waals surface area contributed by atoms with Crippen LogP contribution in [0.25, 0.3) is 0 Å². The van der Waals surface area contributed by atoms with Crippen molar-refractivity contribution in [1.29, 1.82) is 0 Å². The maximum Gasteiger partial charge on any atom is 0.234 e. The summed E-state index contributed by atoms with van der Waals surface area (Å²) < 4.78 is 10.8. The molecule has 1 aliphatic rings. The minimum absolute atomic E-state index is 0.00580. The van der Waals surface area contributed by atoms with Gasteiger partial charge in [-0.15, -0.1) is 10.2 Å². The minimum Gasteiger partial charge on any atom is -0.497 e. The fourth-order valence-electron chi connectivity index (χ4n) is 2.83. The Hall–Kier alpha value is -2.52. The predicted octanol–water partition coefficient (Wildman–Crippen LogP) is -0.0491. The van der Waals surface area contributed by atoms with Crippen LogP contribution in [0.15, 0.2) is 24.3 Å². The first-order valence-corrected chi connectivity index (χ1v) is 8.61. The predicted molar refractivity (Wildman–Crippen MR) is 93.6 cm³/mol. The summed E-state index contributed by atoms with van der Waals surface area (Å²) in [5, 5.41) is 15.0. The van der Waals surface area contributed by atoms with Gasteiger partial charge < -0.3 is 14.8 Å². The monoisotopic (exact) mass is 360 g/mol. The lowest BCUT2D eigenvalue weighted by atomic mass is 10.1. The van der Waals surface area contributed by atoms with Crippen LogP contribution in [0.4, 0.5) is 0 Å². The Morgan fingerprint density at radius 3 is 2.88 bits per heavy atom. The number of hydrogen-bond acceptors (Lipinski definition) is 7. The number of carbonyl (C=O) groups excluding carboxylic acids is 1. The molecule has 2 aromatic rings. The first-order valence-electron chi connectivity index (χ1n) is 8.61. The number of aromatic nitrogens is 4. The Kier molecular flexibility index (Phi) is 6.13. The summed E-state index contributed by atoms with van der Waals surface area (Å²) in [6, 6.07) is 7.86. The molecule has 1 atom stereocenters. The number of carbonyl (C=O) groups is 1. The van der Waals surface area contributed by atoms with Gasteiger partial charge in [0.25, 0.3) is 0 Å². The van der Waals surface area contributed by atoms with E-state index >= 15 is 0 Å². The highest BCUT2D eigenvalue weighted by Crippen LogP contribution is 2.17. The van der Waals surface area contributed by atoms with Crippen LogP contribution in [0.5, 0.6) is 5.75 Å². The molecule has 1 unspecified atom stereocenters. The van der Waals surface area contributed by atoms with Gasteiger partial charge in [-0.25, -0.2) is 0 Å². The van der Waals surface area contributed by atoms with Gasteiger partial charge in [0.05, 0.1) is 27.3 Å². The number of benzene rings is 1. The topological polar surface area (TPSA) is 94.4 Å². The second-order valence-electron chi connectivity index (χ2n) is 6.18. The Morgan fingerprint density at radius 2 is 2.19 bits per heavy atom. The molecule has 26 heavy (non-hydrogen) atoms. The molecule has 1 amide bonds.